The van der Waals surface area contributed by atoms with E-state index in [1.54, 1.807) is 42.5 Å². The van der Waals surface area contributed by atoms with Gasteiger partial charge in [0, 0.05) is 0 Å². The van der Waals surface area contributed by atoms with Gasteiger partial charge in [-0.25, -0.2) is 5.01 Å². The van der Waals surface area contributed by atoms with Crippen molar-refractivity contribution in [3.05, 3.63) is 71.3 Å². The molecule has 6 nitrogen and oxygen atoms in total. The number of hydrogen-bond acceptors (Lipinski definition) is 4. The van der Waals surface area contributed by atoms with Gasteiger partial charge in [-0.05, 0) is 42.8 Å². The van der Waals surface area contributed by atoms with Crippen molar-refractivity contribution in [2.24, 2.45) is 0 Å². The number of carbonyl (C=O) groups excluding carboxylic acids is 2. The highest BCUT2D eigenvalue weighted by Crippen LogP contribution is 2.37. The molecule has 2 aromatic rings. The van der Waals surface area contributed by atoms with Gasteiger partial charge in [0.1, 0.15) is 12.2 Å². The lowest BCUT2D eigenvalue weighted by Crippen LogP contribution is -2.35. The van der Waals surface area contributed by atoms with Crippen molar-refractivity contribution in [3.63, 3.8) is 0 Å². The molecular formula is C21H19ClN2O4. The van der Waals surface area contributed by atoms with Gasteiger partial charge in [-0.3, -0.25) is 15.0 Å². The predicted molar refractivity (Wildman–Crippen MR) is 108 cm³/mol. The number of para-hydroxylation sites is 1. The van der Waals surface area contributed by atoms with Crippen LogP contribution in [0.5, 0.6) is 11.5 Å². The zero-order valence-electron chi connectivity index (χ0n) is 15.3. The van der Waals surface area contributed by atoms with Gasteiger partial charge in [0.15, 0.2) is 11.5 Å². The molecule has 0 atom stereocenters. The zero-order chi connectivity index (χ0) is 20.1. The Labute approximate surface area is 168 Å². The summed E-state index contributed by atoms with van der Waals surface area (Å²) < 4.78 is 11.2. The number of halogens is 1. The Kier molecular flexibility index (Phi) is 6.01. The molecule has 1 aliphatic heterocycles. The van der Waals surface area contributed by atoms with Crippen LogP contribution in [-0.2, 0) is 9.59 Å². The van der Waals surface area contributed by atoms with Crippen LogP contribution in [0.15, 0.2) is 60.7 Å². The lowest BCUT2D eigenvalue weighted by Gasteiger charge is -2.14. The lowest BCUT2D eigenvalue weighted by molar-refractivity contribution is -0.117. The summed E-state index contributed by atoms with van der Waals surface area (Å²) in [6.45, 7) is 6.12. The van der Waals surface area contributed by atoms with Gasteiger partial charge in [0.05, 0.1) is 17.3 Å². The summed E-state index contributed by atoms with van der Waals surface area (Å²) >= 11 is 6.32. The van der Waals surface area contributed by atoms with Crippen LogP contribution in [0.3, 0.4) is 0 Å². The minimum absolute atomic E-state index is 0.00197. The molecule has 2 aromatic carbocycles. The van der Waals surface area contributed by atoms with Crippen LogP contribution >= 0.6 is 11.6 Å². The van der Waals surface area contributed by atoms with Crippen molar-refractivity contribution in [2.75, 3.05) is 18.2 Å². The number of anilines is 1. The molecule has 1 N–H and O–H groups in total. The van der Waals surface area contributed by atoms with Crippen LogP contribution in [0, 0.1) is 0 Å². The van der Waals surface area contributed by atoms with Crippen molar-refractivity contribution in [2.45, 2.75) is 6.92 Å². The Hall–Kier alpha value is -3.25. The molecule has 3 rings (SSSR count). The maximum absolute atomic E-state index is 12.7. The average Bonchev–Trinajstić information content (AvgIpc) is 2.96. The van der Waals surface area contributed by atoms with E-state index < -0.39 is 11.8 Å². The van der Waals surface area contributed by atoms with Crippen molar-refractivity contribution < 1.29 is 19.1 Å². The van der Waals surface area contributed by atoms with Gasteiger partial charge in [-0.1, -0.05) is 42.5 Å². The molecule has 0 unspecified atom stereocenters. The maximum atomic E-state index is 12.7. The Bertz CT molecular complexity index is 941. The van der Waals surface area contributed by atoms with Gasteiger partial charge in [0.2, 0.25) is 0 Å². The number of hydrazine groups is 1. The maximum Gasteiger partial charge on any atom is 0.282 e. The van der Waals surface area contributed by atoms with Gasteiger partial charge in [0.25, 0.3) is 11.8 Å². The smallest absolute Gasteiger partial charge is 0.282 e. The first kappa shape index (κ1) is 19.5. The Balaban J connectivity index is 1.95. The standard InChI is InChI=1S/C21H19ClN2O4/c1-3-10-28-19-17(22)12-14(13-18(19)27-4-2)11-16-20(25)23-24(21(16)26)15-8-6-5-7-9-15/h3,5-9,11-13H,1,4,10H2,2H3,(H,23,25)/b16-11-. The lowest BCUT2D eigenvalue weighted by atomic mass is 10.1. The van der Waals surface area contributed by atoms with Crippen LogP contribution in [0.4, 0.5) is 5.69 Å². The van der Waals surface area contributed by atoms with Crippen LogP contribution < -0.4 is 19.9 Å². The largest absolute Gasteiger partial charge is 0.490 e. The first-order chi connectivity index (χ1) is 13.5. The summed E-state index contributed by atoms with van der Waals surface area (Å²) in [6.07, 6.45) is 3.08. The fraction of sp³-hybridized carbons (Fsp3) is 0.143. The van der Waals surface area contributed by atoms with Gasteiger partial charge < -0.3 is 9.47 Å². The molecule has 1 heterocycles. The summed E-state index contributed by atoms with van der Waals surface area (Å²) in [5, 5.41) is 1.52. The Morgan fingerprint density at radius 3 is 2.61 bits per heavy atom. The topological polar surface area (TPSA) is 67.9 Å². The fourth-order valence-corrected chi connectivity index (χ4v) is 2.97. The van der Waals surface area contributed by atoms with Gasteiger partial charge in [-0.2, -0.15) is 0 Å². The summed E-state index contributed by atoms with van der Waals surface area (Å²) in [4.78, 5) is 25.0. The van der Waals surface area contributed by atoms with E-state index in [0.29, 0.717) is 34.4 Å². The molecule has 0 aliphatic carbocycles. The van der Waals surface area contributed by atoms with Crippen molar-refractivity contribution in [1.82, 2.24) is 5.43 Å². The second-order valence-corrected chi connectivity index (χ2v) is 6.24. The fourth-order valence-electron chi connectivity index (χ4n) is 2.70. The molecule has 1 saturated heterocycles. The highest BCUT2D eigenvalue weighted by atomic mass is 35.5. The first-order valence-electron chi connectivity index (χ1n) is 8.67. The Morgan fingerprint density at radius 2 is 1.93 bits per heavy atom. The van der Waals surface area contributed by atoms with Crippen LogP contribution in [0.2, 0.25) is 5.02 Å². The molecule has 2 amide bonds. The van der Waals surface area contributed by atoms with Crippen molar-refractivity contribution >= 4 is 35.2 Å². The number of hydrogen-bond donors (Lipinski definition) is 1. The van der Waals surface area contributed by atoms with E-state index in [1.807, 2.05) is 13.0 Å². The molecule has 28 heavy (non-hydrogen) atoms. The zero-order valence-corrected chi connectivity index (χ0v) is 16.0. The third-order valence-corrected chi connectivity index (χ3v) is 4.17. The third kappa shape index (κ3) is 4.02. The minimum Gasteiger partial charge on any atom is -0.490 e. The highest BCUT2D eigenvalue weighted by molar-refractivity contribution is 6.33. The van der Waals surface area contributed by atoms with E-state index in [2.05, 4.69) is 12.0 Å². The van der Waals surface area contributed by atoms with E-state index in [4.69, 9.17) is 21.1 Å². The van der Waals surface area contributed by atoms with Gasteiger partial charge in [-0.15, -0.1) is 0 Å². The SMILES string of the molecule is C=CCOc1c(Cl)cc(/C=C2/C(=O)NN(c3ccccc3)C2=O)cc1OCC. The van der Waals surface area contributed by atoms with Crippen molar-refractivity contribution in [1.29, 1.82) is 0 Å². The van der Waals surface area contributed by atoms with E-state index >= 15 is 0 Å². The summed E-state index contributed by atoms with van der Waals surface area (Å²) in [5.74, 6) is -0.125. The highest BCUT2D eigenvalue weighted by Gasteiger charge is 2.34. The molecule has 0 radical (unpaired) electrons. The second-order valence-electron chi connectivity index (χ2n) is 5.84. The van der Waals surface area contributed by atoms with Crippen LogP contribution in [0.25, 0.3) is 6.08 Å². The van der Waals surface area contributed by atoms with Crippen LogP contribution in [0.1, 0.15) is 12.5 Å². The summed E-state index contributed by atoms with van der Waals surface area (Å²) in [5.41, 5.74) is 3.69. The molecule has 7 heteroatoms. The monoisotopic (exact) mass is 398 g/mol. The molecule has 1 aliphatic rings. The average molecular weight is 399 g/mol. The molecule has 0 bridgehead atoms. The predicted octanol–water partition coefficient (Wildman–Crippen LogP) is 3.76. The van der Waals surface area contributed by atoms with Crippen LogP contribution in [-0.4, -0.2) is 25.0 Å². The number of nitrogens with one attached hydrogen (secondary N) is 1. The molecule has 0 saturated carbocycles. The molecular weight excluding hydrogens is 380 g/mol. The van der Waals surface area contributed by atoms with E-state index in [-0.39, 0.29) is 12.2 Å². The van der Waals surface area contributed by atoms with E-state index in [9.17, 15) is 9.59 Å². The molecule has 144 valence electrons. The number of rotatable bonds is 7. The number of benzene rings is 2. The summed E-state index contributed by atoms with van der Waals surface area (Å²) in [6, 6.07) is 12.1. The van der Waals surface area contributed by atoms with Crippen molar-refractivity contribution in [3.8, 4) is 11.5 Å². The molecule has 0 aromatic heterocycles. The van der Waals surface area contributed by atoms with E-state index in [1.165, 1.54) is 11.1 Å². The number of nitrogens with zero attached hydrogens (tertiary/aromatic N) is 1. The first-order valence-corrected chi connectivity index (χ1v) is 9.05. The second kappa shape index (κ2) is 8.63. The number of amides is 2. The third-order valence-electron chi connectivity index (χ3n) is 3.89. The quantitative estimate of drug-likeness (QED) is 0.438. The van der Waals surface area contributed by atoms with Gasteiger partial charge >= 0.3 is 0 Å². The molecule has 0 spiro atoms. The number of ether oxygens (including phenoxy) is 2. The number of carbonyl (C=O) groups is 2. The minimum atomic E-state index is -0.491. The normalized spacial score (nSPS) is 14.9. The Morgan fingerprint density at radius 1 is 1.18 bits per heavy atom. The molecule has 1 fully saturated rings. The summed E-state index contributed by atoms with van der Waals surface area (Å²) in [7, 11) is 0. The van der Waals surface area contributed by atoms with E-state index in [0.717, 1.165) is 0 Å².